The molecule has 178 valence electrons. The van der Waals surface area contributed by atoms with Crippen molar-refractivity contribution in [2.24, 2.45) is 0 Å². The van der Waals surface area contributed by atoms with Crippen LogP contribution in [0.4, 0.5) is 10.2 Å². The number of hydrogen-bond donors (Lipinski definition) is 1. The number of aryl methyl sites for hydroxylation is 1. The highest BCUT2D eigenvalue weighted by atomic mass is 32.1. The van der Waals surface area contributed by atoms with Gasteiger partial charge in [-0.1, -0.05) is 25.6 Å². The molecule has 6 nitrogen and oxygen atoms in total. The summed E-state index contributed by atoms with van der Waals surface area (Å²) in [4.78, 5) is 16.4. The highest BCUT2D eigenvalue weighted by Gasteiger charge is 2.18. The molecule has 0 amide bonds. The van der Waals surface area contributed by atoms with Crippen molar-refractivity contribution in [2.75, 3.05) is 12.3 Å². The summed E-state index contributed by atoms with van der Waals surface area (Å²) in [6, 6.07) is 12.0. The second kappa shape index (κ2) is 11.0. The zero-order chi connectivity index (χ0) is 23.4. The monoisotopic (exact) mass is 482 g/mol. The summed E-state index contributed by atoms with van der Waals surface area (Å²) >= 11 is 1.40. The maximum atomic E-state index is 13.9. The number of benzene rings is 2. The molecule has 0 fully saturated rings. The minimum atomic E-state index is -0.431. The van der Waals surface area contributed by atoms with Crippen molar-refractivity contribution in [2.45, 2.75) is 34.5 Å². The van der Waals surface area contributed by atoms with Crippen molar-refractivity contribution >= 4 is 33.2 Å². The van der Waals surface area contributed by atoms with Gasteiger partial charge >= 0.3 is 5.97 Å². The second-order valence-corrected chi connectivity index (χ2v) is 8.27. The molecule has 0 spiro atoms. The number of thiophene rings is 1. The third-order valence-corrected chi connectivity index (χ3v) is 6.03. The fraction of sp³-hybridized carbons (Fsp3) is 0.231. The lowest BCUT2D eigenvalue weighted by molar-refractivity contribution is 0.0528. The number of nitrogen functional groups attached to an aromatic ring is 1. The highest BCUT2D eigenvalue weighted by molar-refractivity contribution is 7.17. The molecule has 34 heavy (non-hydrogen) atoms. The number of aromatic nitrogens is 1. The summed E-state index contributed by atoms with van der Waals surface area (Å²) in [5.74, 6) is 0.773. The van der Waals surface area contributed by atoms with Crippen molar-refractivity contribution in [3.63, 3.8) is 0 Å². The zero-order valence-corrected chi connectivity index (χ0v) is 19.1. The maximum Gasteiger partial charge on any atom is 0.341 e. The third-order valence-electron chi connectivity index (χ3n) is 4.97. The van der Waals surface area contributed by atoms with Gasteiger partial charge < -0.3 is 19.9 Å². The van der Waals surface area contributed by atoms with Crippen LogP contribution in [0.1, 0.15) is 41.4 Å². The van der Waals surface area contributed by atoms with Crippen LogP contribution in [0.2, 0.25) is 0 Å². The van der Waals surface area contributed by atoms with Gasteiger partial charge in [0.15, 0.2) is 0 Å². The van der Waals surface area contributed by atoms with Crippen LogP contribution in [0, 0.1) is 12.7 Å². The van der Waals surface area contributed by atoms with E-state index in [9.17, 15) is 9.18 Å². The summed E-state index contributed by atoms with van der Waals surface area (Å²) in [5, 5.41) is 2.59. The van der Waals surface area contributed by atoms with E-state index in [-0.39, 0.29) is 33.1 Å². The summed E-state index contributed by atoms with van der Waals surface area (Å²) in [6.45, 7) is 4.30. The van der Waals surface area contributed by atoms with Crippen LogP contribution in [-0.4, -0.2) is 17.6 Å². The molecule has 0 aliphatic carbocycles. The number of nitrogens with two attached hydrogens (primary N) is 1. The number of halogens is 1. The van der Waals surface area contributed by atoms with Crippen molar-refractivity contribution in [3.8, 4) is 11.5 Å². The number of ether oxygens (including phenoxy) is 3. The van der Waals surface area contributed by atoms with E-state index < -0.39 is 5.97 Å². The van der Waals surface area contributed by atoms with Gasteiger partial charge in [0, 0.05) is 28.8 Å². The first kappa shape index (κ1) is 25.0. The van der Waals surface area contributed by atoms with Gasteiger partial charge in [-0.15, -0.1) is 11.3 Å². The first-order chi connectivity index (χ1) is 16.0. The second-order valence-electron chi connectivity index (χ2n) is 7.39. The number of nitrogens with zero attached hydrogens (tertiary/aromatic N) is 1. The number of hydrogen-bond acceptors (Lipinski definition) is 7. The Morgan fingerprint density at radius 1 is 1.09 bits per heavy atom. The van der Waals surface area contributed by atoms with E-state index in [1.165, 1.54) is 23.6 Å². The van der Waals surface area contributed by atoms with Crippen LogP contribution in [0.25, 0.3) is 10.1 Å². The average molecular weight is 483 g/mol. The Kier molecular flexibility index (Phi) is 8.07. The fourth-order valence-corrected chi connectivity index (χ4v) is 4.47. The minimum absolute atomic E-state index is 0. The predicted octanol–water partition coefficient (Wildman–Crippen LogP) is 6.30. The summed E-state index contributed by atoms with van der Waals surface area (Å²) in [5.41, 5.74) is 8.73. The molecule has 0 unspecified atom stereocenters. The molecule has 4 rings (SSSR count). The molecule has 0 saturated heterocycles. The quantitative estimate of drug-likeness (QED) is 0.297. The molecule has 0 radical (unpaired) electrons. The van der Waals surface area contributed by atoms with Crippen LogP contribution < -0.4 is 15.2 Å². The maximum absolute atomic E-state index is 13.9. The molecule has 8 heteroatoms. The molecule has 2 heterocycles. The van der Waals surface area contributed by atoms with E-state index in [1.54, 1.807) is 31.2 Å². The lowest BCUT2D eigenvalue weighted by Gasteiger charge is -2.12. The molecule has 0 aliphatic rings. The number of anilines is 1. The fourth-order valence-electron chi connectivity index (χ4n) is 3.41. The van der Waals surface area contributed by atoms with E-state index >= 15 is 0 Å². The van der Waals surface area contributed by atoms with Gasteiger partial charge in [0.05, 0.1) is 16.9 Å². The van der Waals surface area contributed by atoms with E-state index in [1.807, 2.05) is 24.4 Å². The van der Waals surface area contributed by atoms with Gasteiger partial charge in [0.2, 0.25) is 0 Å². The summed E-state index contributed by atoms with van der Waals surface area (Å²) < 4.78 is 31.5. The average Bonchev–Trinajstić information content (AvgIpc) is 3.22. The van der Waals surface area contributed by atoms with Crippen molar-refractivity contribution in [1.29, 1.82) is 0 Å². The first-order valence-corrected chi connectivity index (χ1v) is 11.3. The standard InChI is InChI=1S/C25H23FN2O4S.CH4/c1-3-30-25(29)20-11-28-24(27)22-17(14-33-23(20)22)13-32-19-9-15(2)8-18(10-19)31-12-16-6-4-5-7-21(16)26;/h4-11,14H,3,12-13H2,1-2H3,(H2,27,28);1H4. The van der Waals surface area contributed by atoms with Crippen molar-refractivity contribution < 1.29 is 23.4 Å². The smallest absolute Gasteiger partial charge is 0.341 e. The van der Waals surface area contributed by atoms with Crippen LogP contribution in [0.3, 0.4) is 0 Å². The Labute approximate surface area is 202 Å². The zero-order valence-electron chi connectivity index (χ0n) is 18.3. The van der Waals surface area contributed by atoms with Crippen LogP contribution >= 0.6 is 11.3 Å². The van der Waals surface area contributed by atoms with Gasteiger partial charge in [0.25, 0.3) is 0 Å². The Bertz CT molecular complexity index is 1310. The van der Waals surface area contributed by atoms with Crippen LogP contribution in [0.15, 0.2) is 54.0 Å². The molecular weight excluding hydrogens is 455 g/mol. The molecule has 2 N–H and O–H groups in total. The first-order valence-electron chi connectivity index (χ1n) is 10.4. The van der Waals surface area contributed by atoms with E-state index in [0.717, 1.165) is 15.8 Å². The molecule has 0 aliphatic heterocycles. The SMILES string of the molecule is C.CCOC(=O)c1cnc(N)c2c(COc3cc(C)cc(OCc4ccccc4F)c3)csc12. The lowest BCUT2D eigenvalue weighted by Crippen LogP contribution is -2.06. The Morgan fingerprint density at radius 3 is 2.44 bits per heavy atom. The Morgan fingerprint density at radius 2 is 1.76 bits per heavy atom. The molecule has 2 aromatic heterocycles. The number of rotatable bonds is 8. The van der Waals surface area contributed by atoms with Crippen LogP contribution in [-0.2, 0) is 18.0 Å². The van der Waals surface area contributed by atoms with Gasteiger partial charge in [0.1, 0.15) is 36.3 Å². The predicted molar refractivity (Wildman–Crippen MR) is 133 cm³/mol. The van der Waals surface area contributed by atoms with Gasteiger partial charge in [-0.05, 0) is 43.0 Å². The number of pyridine rings is 1. The van der Waals surface area contributed by atoms with E-state index in [4.69, 9.17) is 19.9 Å². The normalized spacial score (nSPS) is 10.6. The molecule has 0 bridgehead atoms. The lowest BCUT2D eigenvalue weighted by atomic mass is 10.1. The summed E-state index contributed by atoms with van der Waals surface area (Å²) in [6.07, 6.45) is 1.44. The molecule has 4 aromatic rings. The van der Waals surface area contributed by atoms with Gasteiger partial charge in [-0.2, -0.15) is 0 Å². The number of esters is 1. The Hall–Kier alpha value is -3.65. The largest absolute Gasteiger partial charge is 0.489 e. The van der Waals surface area contributed by atoms with Crippen molar-refractivity contribution in [1.82, 2.24) is 4.98 Å². The van der Waals surface area contributed by atoms with Crippen LogP contribution in [0.5, 0.6) is 11.5 Å². The number of carbonyl (C=O) groups is 1. The topological polar surface area (TPSA) is 83.7 Å². The Balaban J connectivity index is 0.00000324. The summed E-state index contributed by atoms with van der Waals surface area (Å²) in [7, 11) is 0. The van der Waals surface area contributed by atoms with E-state index in [2.05, 4.69) is 4.98 Å². The minimum Gasteiger partial charge on any atom is -0.489 e. The van der Waals surface area contributed by atoms with Gasteiger partial charge in [-0.3, -0.25) is 0 Å². The number of carbonyl (C=O) groups excluding carboxylic acids is 1. The van der Waals surface area contributed by atoms with Gasteiger partial charge in [-0.25, -0.2) is 14.2 Å². The highest BCUT2D eigenvalue weighted by Crippen LogP contribution is 2.34. The molecular formula is C26H27FN2O4S. The molecule has 2 aromatic carbocycles. The molecule has 0 saturated carbocycles. The van der Waals surface area contributed by atoms with Crippen molar-refractivity contribution in [3.05, 3.63) is 82.1 Å². The third kappa shape index (κ3) is 5.46. The number of fused-ring (bicyclic) bond motifs is 1. The van der Waals surface area contributed by atoms with E-state index in [0.29, 0.717) is 33.8 Å². The molecule has 0 atom stereocenters.